The molecule has 2 aromatic carbocycles. The number of carboxylic acid groups (broad SMARTS) is 2. The molecule has 1 aliphatic heterocycles. The number of ether oxygens (including phenoxy) is 1. The molecule has 2 aromatic rings. The van der Waals surface area contributed by atoms with Crippen molar-refractivity contribution in [3.8, 4) is 5.75 Å². The summed E-state index contributed by atoms with van der Waals surface area (Å²) in [5, 5.41) is 47.7. The Kier molecular flexibility index (Phi) is 23.1. The Morgan fingerprint density at radius 2 is 1.37 bits per heavy atom. The monoisotopic (exact) mass is 987 g/mol. The number of hydrogen-bond donors (Lipinski definition) is 10. The van der Waals surface area contributed by atoms with E-state index in [9.17, 15) is 58.5 Å². The SMILES string of the molecule is C/C=C1\NC(=O)CC[C@H](C(=O)O)NC(=O)[C@@H](C)[C@H](/C=C/C(C)=C/[C@H](C)[C@H](Cc2ccccc2)OC)NC(=O)[C@H](Cc2ccc(O)cc2)NC(=O)C[C@H](C(=O)O)NC(=O)[C@H](CC(C)C)NC(=O)[C@@H](C)NC1=O. The molecule has 1 saturated heterocycles. The van der Waals surface area contributed by atoms with Crippen LogP contribution in [0.2, 0.25) is 0 Å². The maximum absolute atomic E-state index is 14.4. The van der Waals surface area contributed by atoms with Crippen LogP contribution in [0.5, 0.6) is 5.75 Å². The van der Waals surface area contributed by atoms with Crippen LogP contribution in [0.1, 0.15) is 85.3 Å². The third kappa shape index (κ3) is 19.5. The van der Waals surface area contributed by atoms with Crippen molar-refractivity contribution in [3.05, 3.63) is 101 Å². The van der Waals surface area contributed by atoms with Gasteiger partial charge in [0, 0.05) is 25.9 Å². The van der Waals surface area contributed by atoms with Gasteiger partial charge in [-0.3, -0.25) is 33.6 Å². The molecule has 1 aliphatic rings. The number of carboxylic acids is 2. The van der Waals surface area contributed by atoms with Crippen molar-refractivity contribution in [2.24, 2.45) is 17.8 Å². The van der Waals surface area contributed by atoms with Gasteiger partial charge in [0.2, 0.25) is 35.4 Å². The second-order valence-corrected chi connectivity index (χ2v) is 18.1. The number of carbonyl (C=O) groups is 9. The number of aliphatic carboxylic acids is 2. The molecule has 9 atom stereocenters. The van der Waals surface area contributed by atoms with Crippen LogP contribution in [0.15, 0.2) is 90.2 Å². The van der Waals surface area contributed by atoms with Gasteiger partial charge in [-0.1, -0.05) is 100 Å². The lowest BCUT2D eigenvalue weighted by molar-refractivity contribution is -0.144. The highest BCUT2D eigenvalue weighted by atomic mass is 16.5. The van der Waals surface area contributed by atoms with Gasteiger partial charge in [0.1, 0.15) is 41.7 Å². The minimum absolute atomic E-state index is 0.0147. The summed E-state index contributed by atoms with van der Waals surface area (Å²) in [7, 11) is 1.61. The Hall–Kier alpha value is -7.35. The molecule has 0 saturated carbocycles. The lowest BCUT2D eigenvalue weighted by Crippen LogP contribution is -2.57. The van der Waals surface area contributed by atoms with E-state index in [4.69, 9.17) is 4.74 Å². The minimum Gasteiger partial charge on any atom is -0.508 e. The highest BCUT2D eigenvalue weighted by Crippen LogP contribution is 2.19. The van der Waals surface area contributed by atoms with Gasteiger partial charge in [-0.05, 0) is 69.2 Å². The van der Waals surface area contributed by atoms with E-state index in [2.05, 4.69) is 37.2 Å². The number of methoxy groups -OCH3 is 1. The van der Waals surface area contributed by atoms with Gasteiger partial charge in [-0.15, -0.1) is 0 Å². The molecule has 0 radical (unpaired) electrons. The van der Waals surface area contributed by atoms with E-state index in [-0.39, 0.29) is 42.2 Å². The zero-order valence-corrected chi connectivity index (χ0v) is 41.4. The number of amides is 7. The number of hydrogen-bond acceptors (Lipinski definition) is 11. The molecule has 0 bridgehead atoms. The van der Waals surface area contributed by atoms with Crippen LogP contribution in [0.3, 0.4) is 0 Å². The molecule has 20 nitrogen and oxygen atoms in total. The fraction of sp³-hybridized carbons (Fsp3) is 0.471. The first kappa shape index (κ1) is 58.0. The zero-order valence-electron chi connectivity index (χ0n) is 41.4. The average Bonchev–Trinajstić information content (AvgIpc) is 3.31. The van der Waals surface area contributed by atoms with Crippen LogP contribution in [0.25, 0.3) is 0 Å². The third-order valence-electron chi connectivity index (χ3n) is 11.7. The Morgan fingerprint density at radius 3 is 1.96 bits per heavy atom. The summed E-state index contributed by atoms with van der Waals surface area (Å²) in [5.74, 6) is -10.9. The summed E-state index contributed by atoms with van der Waals surface area (Å²) >= 11 is 0. The fourth-order valence-electron chi connectivity index (χ4n) is 7.57. The molecule has 386 valence electrons. The number of rotatable bonds is 13. The Labute approximate surface area is 413 Å². The third-order valence-corrected chi connectivity index (χ3v) is 11.7. The molecule has 1 heterocycles. The van der Waals surface area contributed by atoms with Gasteiger partial charge in [0.15, 0.2) is 0 Å². The van der Waals surface area contributed by atoms with E-state index in [0.717, 1.165) is 5.56 Å². The molecule has 1 fully saturated rings. The molecule has 0 aliphatic carbocycles. The average molecular weight is 988 g/mol. The second kappa shape index (κ2) is 28.3. The van der Waals surface area contributed by atoms with E-state index in [0.29, 0.717) is 17.6 Å². The van der Waals surface area contributed by atoms with Gasteiger partial charge >= 0.3 is 11.9 Å². The molecule has 0 aromatic heterocycles. The lowest BCUT2D eigenvalue weighted by atomic mass is 9.94. The molecule has 3 rings (SSSR count). The van der Waals surface area contributed by atoms with Gasteiger partial charge in [-0.25, -0.2) is 9.59 Å². The van der Waals surface area contributed by atoms with E-state index in [1.165, 1.54) is 57.2 Å². The van der Waals surface area contributed by atoms with Crippen molar-refractivity contribution in [1.82, 2.24) is 37.2 Å². The Morgan fingerprint density at radius 1 is 0.746 bits per heavy atom. The Bertz CT molecular complexity index is 2300. The van der Waals surface area contributed by atoms with Crippen LogP contribution in [-0.2, 0) is 60.7 Å². The molecule has 71 heavy (non-hydrogen) atoms. The van der Waals surface area contributed by atoms with E-state index in [1.54, 1.807) is 34.0 Å². The normalized spacial score (nSPS) is 24.7. The number of allylic oxidation sites excluding steroid dienone is 3. The molecular weight excluding hydrogens is 919 g/mol. The number of carbonyl (C=O) groups excluding carboxylic acids is 7. The lowest BCUT2D eigenvalue weighted by Gasteiger charge is -2.27. The summed E-state index contributed by atoms with van der Waals surface area (Å²) in [4.78, 5) is 121. The van der Waals surface area contributed by atoms with Crippen LogP contribution >= 0.6 is 0 Å². The first-order chi connectivity index (χ1) is 33.5. The summed E-state index contributed by atoms with van der Waals surface area (Å²) in [6.07, 6.45) is 4.81. The topological polar surface area (TPSA) is 308 Å². The van der Waals surface area contributed by atoms with Crippen LogP contribution in [0, 0.1) is 17.8 Å². The number of nitrogens with one attached hydrogen (secondary N) is 7. The first-order valence-corrected chi connectivity index (χ1v) is 23.5. The second-order valence-electron chi connectivity index (χ2n) is 18.1. The van der Waals surface area contributed by atoms with Crippen LogP contribution in [-0.4, -0.2) is 118 Å². The molecule has 0 unspecified atom stereocenters. The zero-order chi connectivity index (χ0) is 52.9. The molecule has 0 spiro atoms. The first-order valence-electron chi connectivity index (χ1n) is 23.5. The fourth-order valence-corrected chi connectivity index (χ4v) is 7.57. The molecule has 10 N–H and O–H groups in total. The summed E-state index contributed by atoms with van der Waals surface area (Å²) in [5.41, 5.74) is 1.94. The standard InChI is InChI=1S/C51H69N7O13/c1-9-36-47(64)52-32(7)46(63)57-39(23-28(2)3)48(65)58-41(51(69)70)27-44(61)54-40(25-34-16-18-35(59)19-17-34)49(66)55-37(31(6)45(62)56-38(50(67)68)21-22-43(60)53-36)20-15-29(4)24-30(5)42(71-8)26-33-13-11-10-12-14-33/h9-20,24,28,30-32,37-42,59H,21-23,25-27H2,1-8H3,(H,52,64)(H,53,60)(H,54,61)(H,55,66)(H,56,62)(H,57,63)(H,58,65)(H,67,68)(H,69,70)/b20-15+,29-24+,36-9-/t30-,31-,32+,37-,38+,39-,40-,41+,42-/m0/s1. The predicted molar refractivity (Wildman–Crippen MR) is 262 cm³/mol. The number of aromatic hydroxyl groups is 1. The van der Waals surface area contributed by atoms with Crippen molar-refractivity contribution < 1.29 is 63.2 Å². The smallest absolute Gasteiger partial charge is 0.326 e. The minimum atomic E-state index is -1.86. The quantitative estimate of drug-likeness (QED) is 0.102. The van der Waals surface area contributed by atoms with Gasteiger partial charge in [0.25, 0.3) is 5.91 Å². The highest BCUT2D eigenvalue weighted by molar-refractivity contribution is 6.00. The molecule has 7 amide bonds. The van der Waals surface area contributed by atoms with Crippen molar-refractivity contribution in [3.63, 3.8) is 0 Å². The van der Waals surface area contributed by atoms with Crippen molar-refractivity contribution in [2.75, 3.05) is 7.11 Å². The summed E-state index contributed by atoms with van der Waals surface area (Å²) in [6, 6.07) is 6.73. The van der Waals surface area contributed by atoms with Gasteiger partial charge < -0.3 is 57.3 Å². The van der Waals surface area contributed by atoms with Crippen molar-refractivity contribution in [2.45, 2.75) is 129 Å². The number of benzene rings is 2. The largest absolute Gasteiger partial charge is 0.508 e. The maximum Gasteiger partial charge on any atom is 0.326 e. The van der Waals surface area contributed by atoms with Crippen molar-refractivity contribution in [1.29, 1.82) is 0 Å². The maximum atomic E-state index is 14.4. The van der Waals surface area contributed by atoms with Crippen LogP contribution < -0.4 is 37.2 Å². The van der Waals surface area contributed by atoms with E-state index >= 15 is 0 Å². The number of phenolic OH excluding ortho intramolecular Hbond substituents is 1. The van der Waals surface area contributed by atoms with Crippen LogP contribution in [0.4, 0.5) is 0 Å². The van der Waals surface area contributed by atoms with Crippen molar-refractivity contribution >= 4 is 53.3 Å². The van der Waals surface area contributed by atoms with Gasteiger partial charge in [-0.2, -0.15) is 0 Å². The Balaban J connectivity index is 2.12. The summed E-state index contributed by atoms with van der Waals surface area (Å²) < 4.78 is 5.82. The number of phenols is 1. The summed E-state index contributed by atoms with van der Waals surface area (Å²) in [6.45, 7) is 11.4. The van der Waals surface area contributed by atoms with Gasteiger partial charge in [0.05, 0.1) is 24.5 Å². The van der Waals surface area contributed by atoms with E-state index in [1.807, 2.05) is 43.3 Å². The predicted octanol–water partition coefficient (Wildman–Crippen LogP) is 2.32. The van der Waals surface area contributed by atoms with E-state index < -0.39 is 115 Å². The molecule has 20 heteroatoms. The highest BCUT2D eigenvalue weighted by Gasteiger charge is 2.34. The molecular formula is C51H69N7O13.